The number of amides is 1. The Kier molecular flexibility index (Phi) is 8.51. The van der Waals surface area contributed by atoms with Gasteiger partial charge in [-0.1, -0.05) is 42.5 Å². The van der Waals surface area contributed by atoms with Crippen molar-refractivity contribution in [3.63, 3.8) is 0 Å². The van der Waals surface area contributed by atoms with Crippen LogP contribution in [-0.4, -0.2) is 51.0 Å². The molecule has 0 saturated heterocycles. The number of aliphatic imine (C=N–C) groups is 1. The number of hydrogen-bond acceptors (Lipinski definition) is 2. The van der Waals surface area contributed by atoms with Crippen LogP contribution in [0.4, 0.5) is 0 Å². The predicted molar refractivity (Wildman–Crippen MR) is 129 cm³/mol. The van der Waals surface area contributed by atoms with Crippen LogP contribution in [0.2, 0.25) is 0 Å². The molecule has 3 rings (SSSR count). The number of carbonyl (C=O) groups is 1. The van der Waals surface area contributed by atoms with Crippen molar-refractivity contribution in [2.24, 2.45) is 10.9 Å². The summed E-state index contributed by atoms with van der Waals surface area (Å²) in [5.41, 5.74) is 3.37. The van der Waals surface area contributed by atoms with Crippen molar-refractivity contribution in [1.82, 2.24) is 15.5 Å². The molecule has 0 heterocycles. The first-order chi connectivity index (χ1) is 15.1. The lowest BCUT2D eigenvalue weighted by atomic mass is 9.79. The van der Waals surface area contributed by atoms with Gasteiger partial charge in [0, 0.05) is 39.8 Å². The molecule has 0 aliphatic heterocycles. The molecule has 1 fully saturated rings. The molecule has 0 spiro atoms. The molecule has 1 amide bonds. The third-order valence-electron chi connectivity index (χ3n) is 6.19. The average molecular weight is 421 g/mol. The van der Waals surface area contributed by atoms with Crippen LogP contribution in [0.15, 0.2) is 59.6 Å². The number of guanidine groups is 1. The standard InChI is InChI=1S/C26H36N4O/c1-27-26(28-17-16-20-8-7-11-24(18-20)25(31)30(2)3)29-19-21-12-14-23(15-13-21)22-9-5-4-6-10-22/h4-11,18,21,23H,12-17,19H2,1-3H3,(H2,27,28,29). The molecule has 1 aliphatic carbocycles. The highest BCUT2D eigenvalue weighted by molar-refractivity contribution is 5.94. The van der Waals surface area contributed by atoms with Gasteiger partial charge in [-0.3, -0.25) is 9.79 Å². The van der Waals surface area contributed by atoms with Crippen molar-refractivity contribution in [2.45, 2.75) is 38.0 Å². The van der Waals surface area contributed by atoms with Crippen molar-refractivity contribution in [3.05, 3.63) is 71.3 Å². The van der Waals surface area contributed by atoms with Gasteiger partial charge in [-0.15, -0.1) is 0 Å². The van der Waals surface area contributed by atoms with Crippen LogP contribution in [0, 0.1) is 5.92 Å². The van der Waals surface area contributed by atoms with Crippen LogP contribution in [0.5, 0.6) is 0 Å². The Morgan fingerprint density at radius 1 is 1.00 bits per heavy atom. The first-order valence-electron chi connectivity index (χ1n) is 11.4. The molecule has 5 heteroatoms. The highest BCUT2D eigenvalue weighted by atomic mass is 16.2. The van der Waals surface area contributed by atoms with Gasteiger partial charge < -0.3 is 15.5 Å². The van der Waals surface area contributed by atoms with Crippen molar-refractivity contribution >= 4 is 11.9 Å². The summed E-state index contributed by atoms with van der Waals surface area (Å²) in [6.45, 7) is 1.74. The molecule has 0 unspecified atom stereocenters. The largest absolute Gasteiger partial charge is 0.356 e. The first-order valence-corrected chi connectivity index (χ1v) is 11.4. The van der Waals surface area contributed by atoms with Crippen molar-refractivity contribution < 1.29 is 4.79 Å². The predicted octanol–water partition coefficient (Wildman–Crippen LogP) is 4.07. The third-order valence-corrected chi connectivity index (χ3v) is 6.19. The summed E-state index contributed by atoms with van der Waals surface area (Å²) in [5, 5.41) is 6.91. The Balaban J connectivity index is 1.39. The van der Waals surface area contributed by atoms with Crippen LogP contribution in [0.1, 0.15) is 53.1 Å². The minimum atomic E-state index is 0.0364. The lowest BCUT2D eigenvalue weighted by molar-refractivity contribution is 0.0827. The van der Waals surface area contributed by atoms with Gasteiger partial charge in [0.25, 0.3) is 5.91 Å². The number of carbonyl (C=O) groups excluding carboxylic acids is 1. The van der Waals surface area contributed by atoms with Crippen LogP contribution in [-0.2, 0) is 6.42 Å². The van der Waals surface area contributed by atoms with Crippen LogP contribution in [0.25, 0.3) is 0 Å². The summed E-state index contributed by atoms with van der Waals surface area (Å²) in [4.78, 5) is 18.1. The SMILES string of the molecule is CN=C(NCCc1cccc(C(=O)N(C)C)c1)NCC1CCC(c2ccccc2)CC1. The molecular weight excluding hydrogens is 384 g/mol. The number of hydrogen-bond donors (Lipinski definition) is 2. The van der Waals surface area contributed by atoms with E-state index in [4.69, 9.17) is 0 Å². The Morgan fingerprint density at radius 3 is 2.42 bits per heavy atom. The molecule has 2 aromatic carbocycles. The van der Waals surface area contributed by atoms with E-state index in [9.17, 15) is 4.79 Å². The molecule has 1 saturated carbocycles. The molecular formula is C26H36N4O. The second-order valence-electron chi connectivity index (χ2n) is 8.66. The van der Waals surface area contributed by atoms with Gasteiger partial charge in [0.1, 0.15) is 0 Å². The maximum atomic E-state index is 12.1. The minimum absolute atomic E-state index is 0.0364. The van der Waals surface area contributed by atoms with E-state index in [1.165, 1.54) is 31.2 Å². The first kappa shape index (κ1) is 22.9. The highest BCUT2D eigenvalue weighted by Crippen LogP contribution is 2.35. The third kappa shape index (κ3) is 6.84. The number of benzene rings is 2. The molecule has 31 heavy (non-hydrogen) atoms. The Bertz CT molecular complexity index is 855. The van der Waals surface area contributed by atoms with E-state index in [1.807, 2.05) is 25.2 Å². The lowest BCUT2D eigenvalue weighted by Gasteiger charge is -2.29. The Hall–Kier alpha value is -2.82. The molecule has 0 aromatic heterocycles. The zero-order chi connectivity index (χ0) is 22.1. The number of nitrogens with zero attached hydrogens (tertiary/aromatic N) is 2. The summed E-state index contributed by atoms with van der Waals surface area (Å²) >= 11 is 0. The average Bonchev–Trinajstić information content (AvgIpc) is 2.81. The molecule has 0 radical (unpaired) electrons. The lowest BCUT2D eigenvalue weighted by Crippen LogP contribution is -2.41. The fraction of sp³-hybridized carbons (Fsp3) is 0.462. The Labute approximate surface area is 187 Å². The fourth-order valence-electron chi connectivity index (χ4n) is 4.33. The maximum Gasteiger partial charge on any atom is 0.253 e. The quantitative estimate of drug-likeness (QED) is 0.524. The second-order valence-corrected chi connectivity index (χ2v) is 8.66. The van der Waals surface area contributed by atoms with E-state index in [1.54, 1.807) is 19.0 Å². The van der Waals surface area contributed by atoms with Crippen molar-refractivity contribution in [3.8, 4) is 0 Å². The molecule has 0 atom stereocenters. The topological polar surface area (TPSA) is 56.7 Å². The number of nitrogens with one attached hydrogen (secondary N) is 2. The van der Waals surface area contributed by atoms with E-state index in [2.05, 4.69) is 52.0 Å². The fourth-order valence-corrected chi connectivity index (χ4v) is 4.33. The summed E-state index contributed by atoms with van der Waals surface area (Å²) in [7, 11) is 5.37. The maximum absolute atomic E-state index is 12.1. The van der Waals surface area contributed by atoms with E-state index < -0.39 is 0 Å². The summed E-state index contributed by atoms with van der Waals surface area (Å²) < 4.78 is 0. The summed E-state index contributed by atoms with van der Waals surface area (Å²) in [6.07, 6.45) is 5.90. The zero-order valence-corrected chi connectivity index (χ0v) is 19.1. The van der Waals surface area contributed by atoms with Gasteiger partial charge in [-0.2, -0.15) is 0 Å². The van der Waals surface area contributed by atoms with Crippen LogP contribution >= 0.6 is 0 Å². The number of rotatable bonds is 7. The van der Waals surface area contributed by atoms with Gasteiger partial charge in [0.05, 0.1) is 0 Å². The van der Waals surface area contributed by atoms with E-state index in [0.29, 0.717) is 11.8 Å². The van der Waals surface area contributed by atoms with Crippen molar-refractivity contribution in [2.75, 3.05) is 34.2 Å². The van der Waals surface area contributed by atoms with Gasteiger partial charge in [-0.05, 0) is 67.2 Å². The Morgan fingerprint density at radius 2 is 1.74 bits per heavy atom. The van der Waals surface area contributed by atoms with Gasteiger partial charge in [-0.25, -0.2) is 0 Å². The molecule has 1 aliphatic rings. The molecule has 166 valence electrons. The highest BCUT2D eigenvalue weighted by Gasteiger charge is 2.22. The normalized spacial score (nSPS) is 19.0. The zero-order valence-electron chi connectivity index (χ0n) is 19.1. The van der Waals surface area contributed by atoms with Gasteiger partial charge in [0.2, 0.25) is 0 Å². The monoisotopic (exact) mass is 420 g/mol. The van der Waals surface area contributed by atoms with Gasteiger partial charge in [0.15, 0.2) is 5.96 Å². The molecule has 2 aromatic rings. The van der Waals surface area contributed by atoms with Gasteiger partial charge >= 0.3 is 0 Å². The molecule has 2 N–H and O–H groups in total. The molecule has 5 nitrogen and oxygen atoms in total. The smallest absolute Gasteiger partial charge is 0.253 e. The second kappa shape index (κ2) is 11.5. The molecule has 0 bridgehead atoms. The summed E-state index contributed by atoms with van der Waals surface area (Å²) in [5.74, 6) is 2.30. The van der Waals surface area contributed by atoms with Crippen molar-refractivity contribution in [1.29, 1.82) is 0 Å². The minimum Gasteiger partial charge on any atom is -0.356 e. The van der Waals surface area contributed by atoms with E-state index in [-0.39, 0.29) is 5.91 Å². The van der Waals surface area contributed by atoms with E-state index >= 15 is 0 Å². The van der Waals surface area contributed by atoms with E-state index in [0.717, 1.165) is 36.6 Å². The van der Waals surface area contributed by atoms with Crippen LogP contribution < -0.4 is 10.6 Å². The van der Waals surface area contributed by atoms with Crippen LogP contribution in [0.3, 0.4) is 0 Å². The summed E-state index contributed by atoms with van der Waals surface area (Å²) in [6, 6.07) is 18.8.